The summed E-state index contributed by atoms with van der Waals surface area (Å²) >= 11 is 0. The molecule has 0 fully saturated rings. The van der Waals surface area contributed by atoms with Gasteiger partial charge in [-0.15, -0.1) is 5.10 Å². The van der Waals surface area contributed by atoms with Gasteiger partial charge in [-0.2, -0.15) is 10.2 Å². The Labute approximate surface area is 74.4 Å². The van der Waals surface area contributed by atoms with Gasteiger partial charge in [-0.05, 0) is 6.07 Å². The molecule has 0 radical (unpaired) electrons. The van der Waals surface area contributed by atoms with Gasteiger partial charge in [-0.1, -0.05) is 0 Å². The van der Waals surface area contributed by atoms with Gasteiger partial charge in [0.1, 0.15) is 5.69 Å². The molecule has 0 aromatic carbocycles. The Morgan fingerprint density at radius 2 is 2.31 bits per heavy atom. The summed E-state index contributed by atoms with van der Waals surface area (Å²) in [6.07, 6.45) is 3.24. The predicted octanol–water partition coefficient (Wildman–Crippen LogP) is -0.146. The lowest BCUT2D eigenvalue weighted by atomic mass is 10.3. The molecule has 0 saturated heterocycles. The van der Waals surface area contributed by atoms with Crippen LogP contribution in [-0.4, -0.2) is 25.0 Å². The maximum atomic E-state index is 5.40. The van der Waals surface area contributed by atoms with Crippen molar-refractivity contribution >= 4 is 5.95 Å². The van der Waals surface area contributed by atoms with Crippen LogP contribution < -0.4 is 5.73 Å². The van der Waals surface area contributed by atoms with Gasteiger partial charge in [0.15, 0.2) is 0 Å². The van der Waals surface area contributed by atoms with E-state index in [-0.39, 0.29) is 5.95 Å². The molecule has 0 aliphatic carbocycles. The Hall–Kier alpha value is -1.98. The van der Waals surface area contributed by atoms with Gasteiger partial charge < -0.3 is 5.73 Å². The molecule has 0 spiro atoms. The summed E-state index contributed by atoms with van der Waals surface area (Å²) < 4.78 is 1.70. The van der Waals surface area contributed by atoms with E-state index in [1.54, 1.807) is 17.1 Å². The summed E-state index contributed by atoms with van der Waals surface area (Å²) in [6, 6.07) is 1.84. The topological polar surface area (TPSA) is 82.5 Å². The first-order valence-corrected chi connectivity index (χ1v) is 3.71. The van der Waals surface area contributed by atoms with Gasteiger partial charge in [0.2, 0.25) is 5.95 Å². The molecule has 6 heteroatoms. The van der Waals surface area contributed by atoms with Gasteiger partial charge >= 0.3 is 0 Å². The van der Waals surface area contributed by atoms with Crippen molar-refractivity contribution in [3.63, 3.8) is 0 Å². The zero-order valence-electron chi connectivity index (χ0n) is 7.05. The lowest BCUT2D eigenvalue weighted by molar-refractivity contribution is 0.771. The average molecular weight is 176 g/mol. The van der Waals surface area contributed by atoms with E-state index in [0.717, 1.165) is 5.69 Å². The molecule has 2 N–H and O–H groups in total. The number of aryl methyl sites for hydroxylation is 1. The lowest BCUT2D eigenvalue weighted by Gasteiger charge is -1.99. The molecule has 2 aromatic heterocycles. The fourth-order valence-corrected chi connectivity index (χ4v) is 1.07. The molecule has 0 bridgehead atoms. The molecule has 0 aliphatic rings. The first kappa shape index (κ1) is 7.66. The van der Waals surface area contributed by atoms with Gasteiger partial charge in [-0.25, -0.2) is 4.98 Å². The van der Waals surface area contributed by atoms with E-state index >= 15 is 0 Å². The third-order valence-electron chi connectivity index (χ3n) is 1.66. The van der Waals surface area contributed by atoms with Crippen LogP contribution in [0.2, 0.25) is 0 Å². The second-order valence-corrected chi connectivity index (χ2v) is 2.54. The fourth-order valence-electron chi connectivity index (χ4n) is 1.07. The van der Waals surface area contributed by atoms with Crippen LogP contribution in [0.5, 0.6) is 0 Å². The molecule has 0 atom stereocenters. The number of nitrogen functional groups attached to an aromatic ring is 1. The van der Waals surface area contributed by atoms with Crippen molar-refractivity contribution in [2.24, 2.45) is 7.05 Å². The van der Waals surface area contributed by atoms with Crippen molar-refractivity contribution in [1.82, 2.24) is 25.0 Å². The SMILES string of the molecule is Cn1nccc1-c1cnnc(N)n1. The third kappa shape index (κ3) is 1.33. The van der Waals surface area contributed by atoms with Gasteiger partial charge in [0, 0.05) is 13.2 Å². The highest BCUT2D eigenvalue weighted by molar-refractivity contribution is 5.53. The Morgan fingerprint density at radius 3 is 2.92 bits per heavy atom. The Bertz CT molecular complexity index is 420. The molecule has 0 saturated carbocycles. The summed E-state index contributed by atoms with van der Waals surface area (Å²) in [7, 11) is 1.83. The fraction of sp³-hybridized carbons (Fsp3) is 0.143. The molecule has 6 nitrogen and oxygen atoms in total. The van der Waals surface area contributed by atoms with E-state index in [0.29, 0.717) is 5.69 Å². The summed E-state index contributed by atoms with van der Waals surface area (Å²) in [6.45, 7) is 0. The largest absolute Gasteiger partial charge is 0.366 e. The molecule has 2 heterocycles. The first-order valence-electron chi connectivity index (χ1n) is 3.71. The van der Waals surface area contributed by atoms with Crippen LogP contribution in [0.25, 0.3) is 11.4 Å². The van der Waals surface area contributed by atoms with Crippen molar-refractivity contribution in [3.05, 3.63) is 18.5 Å². The second-order valence-electron chi connectivity index (χ2n) is 2.54. The highest BCUT2D eigenvalue weighted by atomic mass is 15.3. The monoisotopic (exact) mass is 176 g/mol. The molecule has 2 rings (SSSR count). The van der Waals surface area contributed by atoms with Crippen LogP contribution in [0.15, 0.2) is 18.5 Å². The van der Waals surface area contributed by atoms with Crippen LogP contribution >= 0.6 is 0 Å². The number of anilines is 1. The van der Waals surface area contributed by atoms with Gasteiger partial charge in [-0.3, -0.25) is 4.68 Å². The number of aromatic nitrogens is 5. The quantitative estimate of drug-likeness (QED) is 0.653. The van der Waals surface area contributed by atoms with E-state index in [4.69, 9.17) is 5.73 Å². The molecular weight excluding hydrogens is 168 g/mol. The summed E-state index contributed by atoms with van der Waals surface area (Å²) in [5.74, 6) is 0.165. The maximum absolute atomic E-state index is 5.40. The molecule has 2 aromatic rings. The van der Waals surface area contributed by atoms with Crippen LogP contribution in [0.1, 0.15) is 0 Å². The van der Waals surface area contributed by atoms with Gasteiger partial charge in [0.05, 0.1) is 11.9 Å². The van der Waals surface area contributed by atoms with Crippen molar-refractivity contribution in [3.8, 4) is 11.4 Å². The van der Waals surface area contributed by atoms with Crippen molar-refractivity contribution in [1.29, 1.82) is 0 Å². The lowest BCUT2D eigenvalue weighted by Crippen LogP contribution is -2.01. The Kier molecular flexibility index (Phi) is 1.66. The molecular formula is C7H8N6. The number of nitrogens with zero attached hydrogens (tertiary/aromatic N) is 5. The van der Waals surface area contributed by atoms with E-state index in [9.17, 15) is 0 Å². The molecule has 0 amide bonds. The highest BCUT2D eigenvalue weighted by Gasteiger charge is 2.04. The number of rotatable bonds is 1. The minimum absolute atomic E-state index is 0.165. The second kappa shape index (κ2) is 2.81. The molecule has 13 heavy (non-hydrogen) atoms. The van der Waals surface area contributed by atoms with Crippen LogP contribution in [-0.2, 0) is 7.05 Å². The molecule has 0 aliphatic heterocycles. The summed E-state index contributed by atoms with van der Waals surface area (Å²) in [5.41, 5.74) is 6.94. The van der Waals surface area contributed by atoms with E-state index in [2.05, 4.69) is 20.3 Å². The zero-order chi connectivity index (χ0) is 9.26. The van der Waals surface area contributed by atoms with E-state index in [1.165, 1.54) is 0 Å². The highest BCUT2D eigenvalue weighted by Crippen LogP contribution is 2.13. The molecule has 0 unspecified atom stereocenters. The predicted molar refractivity (Wildman–Crippen MR) is 46.4 cm³/mol. The zero-order valence-corrected chi connectivity index (χ0v) is 7.05. The van der Waals surface area contributed by atoms with Crippen LogP contribution in [0, 0.1) is 0 Å². The van der Waals surface area contributed by atoms with Crippen LogP contribution in [0.3, 0.4) is 0 Å². The summed E-state index contributed by atoms with van der Waals surface area (Å²) in [4.78, 5) is 4.02. The minimum atomic E-state index is 0.165. The van der Waals surface area contributed by atoms with Crippen molar-refractivity contribution in [2.45, 2.75) is 0 Å². The third-order valence-corrected chi connectivity index (χ3v) is 1.66. The minimum Gasteiger partial charge on any atom is -0.366 e. The van der Waals surface area contributed by atoms with Crippen LogP contribution in [0.4, 0.5) is 5.95 Å². The van der Waals surface area contributed by atoms with E-state index in [1.807, 2.05) is 13.1 Å². The number of hydrogen-bond donors (Lipinski definition) is 1. The van der Waals surface area contributed by atoms with E-state index < -0.39 is 0 Å². The first-order chi connectivity index (χ1) is 6.27. The number of hydrogen-bond acceptors (Lipinski definition) is 5. The van der Waals surface area contributed by atoms with Crippen molar-refractivity contribution < 1.29 is 0 Å². The molecule has 66 valence electrons. The number of nitrogens with two attached hydrogens (primary N) is 1. The Morgan fingerprint density at radius 1 is 1.46 bits per heavy atom. The van der Waals surface area contributed by atoms with Gasteiger partial charge in [0.25, 0.3) is 0 Å². The standard InChI is InChI=1S/C7H8N6/c1-13-6(2-3-10-13)5-4-9-12-7(8)11-5/h2-4H,1H3,(H2,8,11,12). The normalized spacial score (nSPS) is 10.2. The maximum Gasteiger partial charge on any atom is 0.240 e. The average Bonchev–Trinajstić information content (AvgIpc) is 2.51. The summed E-state index contributed by atoms with van der Waals surface area (Å²) in [5, 5.41) is 11.3. The van der Waals surface area contributed by atoms with Crippen molar-refractivity contribution in [2.75, 3.05) is 5.73 Å². The Balaban J connectivity index is 2.53. The smallest absolute Gasteiger partial charge is 0.240 e.